The topological polar surface area (TPSA) is 12.5 Å². The van der Waals surface area contributed by atoms with Gasteiger partial charge in [0.05, 0.1) is 13.2 Å². The Kier molecular flexibility index (Phi) is 2.72. The van der Waals surface area contributed by atoms with Gasteiger partial charge in [-0.3, -0.25) is 0 Å². The predicted molar refractivity (Wildman–Crippen MR) is 48.1 cm³/mol. The van der Waals surface area contributed by atoms with E-state index in [1.807, 2.05) is 0 Å². The van der Waals surface area contributed by atoms with Crippen LogP contribution in [0.15, 0.2) is 0 Å². The summed E-state index contributed by atoms with van der Waals surface area (Å²) in [5, 5.41) is 0. The summed E-state index contributed by atoms with van der Waals surface area (Å²) in [4.78, 5) is 2.57. The first-order chi connectivity index (χ1) is 5.45. The van der Waals surface area contributed by atoms with Crippen LogP contribution in [0.5, 0.6) is 0 Å². The van der Waals surface area contributed by atoms with E-state index in [4.69, 9.17) is 4.74 Å². The van der Waals surface area contributed by atoms with Gasteiger partial charge in [0, 0.05) is 37.1 Å². The van der Waals surface area contributed by atoms with E-state index in [9.17, 15) is 0 Å². The average Bonchev–Trinajstić information content (AvgIpc) is 1.99. The molecule has 0 aromatic heterocycles. The summed E-state index contributed by atoms with van der Waals surface area (Å²) in [7, 11) is 0. The largest absolute Gasteiger partial charge is 0.381 e. The van der Waals surface area contributed by atoms with E-state index < -0.39 is 0 Å². The van der Waals surface area contributed by atoms with E-state index in [-0.39, 0.29) is 0 Å². The predicted octanol–water partition coefficient (Wildman–Crippen LogP) is 0.682. The smallest absolute Gasteiger partial charge is 0.0528 e. The minimum Gasteiger partial charge on any atom is -0.381 e. The molecular formula is C8H15NOS. The van der Waals surface area contributed by atoms with E-state index in [2.05, 4.69) is 16.7 Å². The van der Waals surface area contributed by atoms with Crippen molar-refractivity contribution in [3.63, 3.8) is 0 Å². The van der Waals surface area contributed by atoms with E-state index in [0.29, 0.717) is 0 Å². The molecule has 2 rings (SSSR count). The summed E-state index contributed by atoms with van der Waals surface area (Å²) in [5.41, 5.74) is 0. The molecule has 2 aliphatic heterocycles. The Morgan fingerprint density at radius 2 is 2.00 bits per heavy atom. The molecule has 2 aliphatic rings. The molecule has 0 N–H and O–H groups in total. The lowest BCUT2D eigenvalue weighted by Crippen LogP contribution is -2.42. The van der Waals surface area contributed by atoms with E-state index in [0.717, 1.165) is 19.1 Å². The Hall–Kier alpha value is 0.270. The van der Waals surface area contributed by atoms with Crippen molar-refractivity contribution in [3.05, 3.63) is 0 Å². The first kappa shape index (κ1) is 7.90. The van der Waals surface area contributed by atoms with Crippen molar-refractivity contribution >= 4 is 11.8 Å². The fourth-order valence-electron chi connectivity index (χ4n) is 1.54. The third-order valence-corrected chi connectivity index (χ3v) is 3.27. The summed E-state index contributed by atoms with van der Waals surface area (Å²) in [6.07, 6.45) is 0. The monoisotopic (exact) mass is 173 g/mol. The van der Waals surface area contributed by atoms with Crippen LogP contribution in [-0.2, 0) is 4.74 Å². The van der Waals surface area contributed by atoms with Gasteiger partial charge in [-0.05, 0) is 0 Å². The third-order valence-electron chi connectivity index (χ3n) is 2.33. The molecule has 2 heterocycles. The zero-order valence-electron chi connectivity index (χ0n) is 6.79. The molecule has 0 radical (unpaired) electrons. The van der Waals surface area contributed by atoms with Crippen LogP contribution in [-0.4, -0.2) is 49.3 Å². The van der Waals surface area contributed by atoms with Gasteiger partial charge in [-0.25, -0.2) is 0 Å². The standard InChI is InChI=1S/C8H15NOS/c1-3-11-4-2-9(1)5-8-6-10-7-8/h8H,1-7H2. The summed E-state index contributed by atoms with van der Waals surface area (Å²) >= 11 is 2.08. The van der Waals surface area contributed by atoms with Crippen molar-refractivity contribution in [1.29, 1.82) is 0 Å². The fourth-order valence-corrected chi connectivity index (χ4v) is 2.52. The molecule has 0 spiro atoms. The van der Waals surface area contributed by atoms with Crippen molar-refractivity contribution in [2.24, 2.45) is 5.92 Å². The highest BCUT2D eigenvalue weighted by Gasteiger charge is 2.22. The Bertz CT molecular complexity index is 121. The van der Waals surface area contributed by atoms with Gasteiger partial charge in [-0.1, -0.05) is 0 Å². The molecule has 2 fully saturated rings. The van der Waals surface area contributed by atoms with Gasteiger partial charge in [-0.15, -0.1) is 0 Å². The number of hydrogen-bond acceptors (Lipinski definition) is 3. The molecule has 0 atom stereocenters. The Labute approximate surface area is 72.3 Å². The fraction of sp³-hybridized carbons (Fsp3) is 1.00. The second-order valence-electron chi connectivity index (χ2n) is 3.32. The number of nitrogens with zero attached hydrogens (tertiary/aromatic N) is 1. The molecule has 0 aromatic carbocycles. The summed E-state index contributed by atoms with van der Waals surface area (Å²) in [6.45, 7) is 5.87. The maximum Gasteiger partial charge on any atom is 0.0528 e. The molecular weight excluding hydrogens is 158 g/mol. The molecule has 11 heavy (non-hydrogen) atoms. The molecule has 2 nitrogen and oxygen atoms in total. The van der Waals surface area contributed by atoms with Gasteiger partial charge in [0.2, 0.25) is 0 Å². The van der Waals surface area contributed by atoms with Crippen molar-refractivity contribution in [2.45, 2.75) is 0 Å². The highest BCUT2D eigenvalue weighted by atomic mass is 32.2. The van der Waals surface area contributed by atoms with Crippen LogP contribution in [0.3, 0.4) is 0 Å². The lowest BCUT2D eigenvalue weighted by atomic mass is 10.1. The van der Waals surface area contributed by atoms with Crippen molar-refractivity contribution in [2.75, 3.05) is 44.4 Å². The van der Waals surface area contributed by atoms with Gasteiger partial charge in [0.15, 0.2) is 0 Å². The van der Waals surface area contributed by atoms with Crippen LogP contribution in [0.2, 0.25) is 0 Å². The van der Waals surface area contributed by atoms with Crippen LogP contribution in [0.4, 0.5) is 0 Å². The summed E-state index contributed by atoms with van der Waals surface area (Å²) in [6, 6.07) is 0. The lowest BCUT2D eigenvalue weighted by molar-refractivity contribution is -0.0453. The summed E-state index contributed by atoms with van der Waals surface area (Å²) < 4.78 is 5.14. The highest BCUT2D eigenvalue weighted by molar-refractivity contribution is 7.99. The Morgan fingerprint density at radius 1 is 1.27 bits per heavy atom. The number of hydrogen-bond donors (Lipinski definition) is 0. The zero-order chi connectivity index (χ0) is 7.52. The second kappa shape index (κ2) is 3.78. The van der Waals surface area contributed by atoms with Crippen LogP contribution >= 0.6 is 11.8 Å². The van der Waals surface area contributed by atoms with Crippen molar-refractivity contribution < 1.29 is 4.74 Å². The minimum atomic E-state index is 0.845. The van der Waals surface area contributed by atoms with Crippen LogP contribution in [0.1, 0.15) is 0 Å². The third kappa shape index (κ3) is 2.10. The van der Waals surface area contributed by atoms with Gasteiger partial charge < -0.3 is 9.64 Å². The zero-order valence-corrected chi connectivity index (χ0v) is 7.61. The van der Waals surface area contributed by atoms with Crippen molar-refractivity contribution in [3.8, 4) is 0 Å². The SMILES string of the molecule is C1CN(CC2COC2)CCS1. The number of thioether (sulfide) groups is 1. The molecule has 0 unspecified atom stereocenters. The lowest BCUT2D eigenvalue weighted by Gasteiger charge is -2.34. The molecule has 0 aromatic rings. The first-order valence-electron chi connectivity index (χ1n) is 4.33. The first-order valence-corrected chi connectivity index (χ1v) is 5.48. The quantitative estimate of drug-likeness (QED) is 0.609. The van der Waals surface area contributed by atoms with Gasteiger partial charge in [-0.2, -0.15) is 11.8 Å². The summed E-state index contributed by atoms with van der Waals surface area (Å²) in [5.74, 6) is 3.50. The average molecular weight is 173 g/mol. The minimum absolute atomic E-state index is 0.845. The molecule has 0 bridgehead atoms. The maximum absolute atomic E-state index is 5.14. The number of rotatable bonds is 2. The van der Waals surface area contributed by atoms with Crippen LogP contribution < -0.4 is 0 Å². The molecule has 0 saturated carbocycles. The number of ether oxygens (including phenoxy) is 1. The van der Waals surface area contributed by atoms with Crippen LogP contribution in [0.25, 0.3) is 0 Å². The van der Waals surface area contributed by atoms with Gasteiger partial charge in [0.25, 0.3) is 0 Å². The molecule has 3 heteroatoms. The van der Waals surface area contributed by atoms with E-state index in [1.54, 1.807) is 0 Å². The normalized spacial score (nSPS) is 28.4. The van der Waals surface area contributed by atoms with E-state index in [1.165, 1.54) is 31.1 Å². The molecule has 2 saturated heterocycles. The van der Waals surface area contributed by atoms with Crippen LogP contribution in [0, 0.1) is 5.92 Å². The molecule has 0 aliphatic carbocycles. The second-order valence-corrected chi connectivity index (χ2v) is 4.54. The van der Waals surface area contributed by atoms with Gasteiger partial charge >= 0.3 is 0 Å². The highest BCUT2D eigenvalue weighted by Crippen LogP contribution is 2.15. The Morgan fingerprint density at radius 3 is 2.55 bits per heavy atom. The molecule has 64 valence electrons. The van der Waals surface area contributed by atoms with Gasteiger partial charge in [0.1, 0.15) is 0 Å². The van der Waals surface area contributed by atoms with Crippen molar-refractivity contribution in [1.82, 2.24) is 4.90 Å². The molecule has 0 amide bonds. The van der Waals surface area contributed by atoms with E-state index >= 15 is 0 Å². The maximum atomic E-state index is 5.14. The Balaban J connectivity index is 1.67.